The molecule has 0 saturated carbocycles. The Balaban J connectivity index is 1.99. The molecule has 0 heterocycles. The Hall–Kier alpha value is -2.87. The molecule has 2 amide bonds. The summed E-state index contributed by atoms with van der Waals surface area (Å²) in [4.78, 5) is 23.6. The van der Waals surface area contributed by atoms with Crippen LogP contribution in [0.1, 0.15) is 5.56 Å². The first-order valence-electron chi connectivity index (χ1n) is 7.16. The van der Waals surface area contributed by atoms with Gasteiger partial charge in [-0.3, -0.25) is 9.59 Å². The molecule has 0 radical (unpaired) electrons. The minimum atomic E-state index is -0.891. The Labute approximate surface area is 153 Å². The quantitative estimate of drug-likeness (QED) is 0.454. The van der Waals surface area contributed by atoms with E-state index < -0.39 is 11.8 Å². The summed E-state index contributed by atoms with van der Waals surface area (Å²) in [6.45, 7) is 0. The van der Waals surface area contributed by atoms with Crippen molar-refractivity contribution in [3.63, 3.8) is 0 Å². The zero-order valence-corrected chi connectivity index (χ0v) is 15.2. The van der Waals surface area contributed by atoms with Crippen molar-refractivity contribution >= 4 is 39.6 Å². The van der Waals surface area contributed by atoms with Crippen LogP contribution < -0.4 is 20.2 Å². The molecule has 0 aliphatic heterocycles. The van der Waals surface area contributed by atoms with Gasteiger partial charge in [0.2, 0.25) is 0 Å². The maximum Gasteiger partial charge on any atom is 0.329 e. The van der Waals surface area contributed by atoms with E-state index in [1.807, 2.05) is 6.07 Å². The number of carbonyl (C=O) groups is 2. The third-order valence-electron chi connectivity index (χ3n) is 3.09. The molecule has 7 nitrogen and oxygen atoms in total. The number of halogens is 1. The molecule has 25 heavy (non-hydrogen) atoms. The summed E-state index contributed by atoms with van der Waals surface area (Å²) in [5.41, 5.74) is 3.25. The summed E-state index contributed by atoms with van der Waals surface area (Å²) in [6, 6.07) is 12.1. The third-order valence-corrected chi connectivity index (χ3v) is 3.59. The maximum atomic E-state index is 11.8. The highest BCUT2D eigenvalue weighted by molar-refractivity contribution is 9.10. The van der Waals surface area contributed by atoms with Crippen molar-refractivity contribution in [2.45, 2.75) is 0 Å². The molecule has 0 unspecified atom stereocenters. The Morgan fingerprint density at radius 3 is 2.52 bits per heavy atom. The Morgan fingerprint density at radius 1 is 1.08 bits per heavy atom. The molecule has 2 aromatic carbocycles. The van der Waals surface area contributed by atoms with Crippen LogP contribution in [0.25, 0.3) is 0 Å². The van der Waals surface area contributed by atoms with Gasteiger partial charge in [0.05, 0.1) is 20.4 Å². The lowest BCUT2D eigenvalue weighted by Crippen LogP contribution is -2.32. The monoisotopic (exact) mass is 405 g/mol. The molecule has 0 bridgehead atoms. The number of para-hydroxylation sites is 1. The topological polar surface area (TPSA) is 89.0 Å². The van der Waals surface area contributed by atoms with Gasteiger partial charge in [-0.15, -0.1) is 0 Å². The fourth-order valence-electron chi connectivity index (χ4n) is 1.98. The average molecular weight is 406 g/mol. The minimum Gasteiger partial charge on any atom is -0.493 e. The fraction of sp³-hybridized carbons (Fsp3) is 0.118. The van der Waals surface area contributed by atoms with E-state index >= 15 is 0 Å². The second-order valence-electron chi connectivity index (χ2n) is 4.75. The fourth-order valence-corrected chi connectivity index (χ4v) is 2.38. The molecule has 130 valence electrons. The van der Waals surface area contributed by atoms with Gasteiger partial charge < -0.3 is 14.8 Å². The maximum absolute atomic E-state index is 11.8. The van der Waals surface area contributed by atoms with Crippen LogP contribution in [0, 0.1) is 0 Å². The van der Waals surface area contributed by atoms with Crippen molar-refractivity contribution in [2.75, 3.05) is 19.5 Å². The Kier molecular flexibility index (Phi) is 6.53. The van der Waals surface area contributed by atoms with Gasteiger partial charge in [-0.05, 0) is 30.3 Å². The van der Waals surface area contributed by atoms with E-state index in [-0.39, 0.29) is 0 Å². The Morgan fingerprint density at radius 2 is 1.84 bits per heavy atom. The Bertz CT molecular complexity index is 808. The second kappa shape index (κ2) is 8.84. The van der Waals surface area contributed by atoms with Crippen LogP contribution in [0.2, 0.25) is 0 Å². The number of anilines is 1. The normalized spacial score (nSPS) is 10.4. The van der Waals surface area contributed by atoms with Crippen LogP contribution in [0.4, 0.5) is 5.69 Å². The van der Waals surface area contributed by atoms with E-state index in [0.717, 1.165) is 4.47 Å². The average Bonchev–Trinajstić information content (AvgIpc) is 2.61. The smallest absolute Gasteiger partial charge is 0.329 e. The van der Waals surface area contributed by atoms with Crippen molar-refractivity contribution in [1.29, 1.82) is 0 Å². The molecule has 2 rings (SSSR count). The molecule has 0 spiro atoms. The van der Waals surface area contributed by atoms with Gasteiger partial charge in [0.1, 0.15) is 0 Å². The number of hydrogen-bond donors (Lipinski definition) is 2. The van der Waals surface area contributed by atoms with Crippen molar-refractivity contribution in [2.24, 2.45) is 5.10 Å². The third kappa shape index (κ3) is 5.05. The number of rotatable bonds is 5. The lowest BCUT2D eigenvalue weighted by Gasteiger charge is -2.09. The molecule has 0 atom stereocenters. The molecular weight excluding hydrogens is 390 g/mol. The first kappa shape index (κ1) is 18.5. The standard InChI is InChI=1S/C17H16BrN3O4/c1-24-14-8-3-5-11(15(14)25-2)10-19-21-17(23)16(22)20-13-7-4-6-12(18)9-13/h3-10H,1-2H3,(H,20,22)(H,21,23)/b19-10-. The van der Waals surface area contributed by atoms with E-state index in [1.165, 1.54) is 20.4 Å². The van der Waals surface area contributed by atoms with Gasteiger partial charge in [-0.1, -0.05) is 28.1 Å². The molecule has 0 aliphatic carbocycles. The molecule has 0 fully saturated rings. The highest BCUT2D eigenvalue weighted by atomic mass is 79.9. The first-order chi connectivity index (χ1) is 12.0. The number of hydrogen-bond acceptors (Lipinski definition) is 5. The zero-order chi connectivity index (χ0) is 18.2. The van der Waals surface area contributed by atoms with Crippen molar-refractivity contribution in [3.05, 3.63) is 52.5 Å². The number of amides is 2. The number of methoxy groups -OCH3 is 2. The van der Waals surface area contributed by atoms with Crippen molar-refractivity contribution < 1.29 is 19.1 Å². The van der Waals surface area contributed by atoms with Crippen LogP contribution in [-0.4, -0.2) is 32.2 Å². The molecule has 0 aliphatic rings. The van der Waals surface area contributed by atoms with Crippen LogP contribution in [0.3, 0.4) is 0 Å². The van der Waals surface area contributed by atoms with E-state index in [0.29, 0.717) is 22.7 Å². The summed E-state index contributed by atoms with van der Waals surface area (Å²) >= 11 is 3.28. The predicted octanol–water partition coefficient (Wildman–Crippen LogP) is 2.56. The summed E-state index contributed by atoms with van der Waals surface area (Å²) in [7, 11) is 3.02. The van der Waals surface area contributed by atoms with Crippen molar-refractivity contribution in [3.8, 4) is 11.5 Å². The number of ether oxygens (including phenoxy) is 2. The predicted molar refractivity (Wildman–Crippen MR) is 98.1 cm³/mol. The largest absolute Gasteiger partial charge is 0.493 e. The van der Waals surface area contributed by atoms with Crippen LogP contribution in [0.15, 0.2) is 52.0 Å². The molecule has 0 aromatic heterocycles. The van der Waals surface area contributed by atoms with E-state index in [9.17, 15) is 9.59 Å². The molecular formula is C17H16BrN3O4. The van der Waals surface area contributed by atoms with Gasteiger partial charge in [0, 0.05) is 15.7 Å². The van der Waals surface area contributed by atoms with Gasteiger partial charge in [-0.2, -0.15) is 5.10 Å². The van der Waals surface area contributed by atoms with E-state index in [4.69, 9.17) is 9.47 Å². The number of nitrogens with zero attached hydrogens (tertiary/aromatic N) is 1. The number of carbonyl (C=O) groups excluding carboxylic acids is 2. The molecule has 8 heteroatoms. The SMILES string of the molecule is COc1cccc(/C=N\NC(=O)C(=O)Nc2cccc(Br)c2)c1OC. The van der Waals surface area contributed by atoms with Gasteiger partial charge in [-0.25, -0.2) is 5.43 Å². The molecule has 2 aromatic rings. The second-order valence-corrected chi connectivity index (χ2v) is 5.66. The van der Waals surface area contributed by atoms with Crippen LogP contribution >= 0.6 is 15.9 Å². The van der Waals surface area contributed by atoms with E-state index in [1.54, 1.807) is 36.4 Å². The summed E-state index contributed by atoms with van der Waals surface area (Å²) in [5.74, 6) is -0.710. The lowest BCUT2D eigenvalue weighted by molar-refractivity contribution is -0.136. The summed E-state index contributed by atoms with van der Waals surface area (Å²) in [6.07, 6.45) is 1.37. The minimum absolute atomic E-state index is 0.474. The van der Waals surface area contributed by atoms with Gasteiger partial charge in [0.15, 0.2) is 11.5 Å². The van der Waals surface area contributed by atoms with Crippen LogP contribution in [-0.2, 0) is 9.59 Å². The van der Waals surface area contributed by atoms with Crippen molar-refractivity contribution in [1.82, 2.24) is 5.43 Å². The number of nitrogens with one attached hydrogen (secondary N) is 2. The molecule has 2 N–H and O–H groups in total. The van der Waals surface area contributed by atoms with E-state index in [2.05, 4.69) is 31.8 Å². The first-order valence-corrected chi connectivity index (χ1v) is 7.95. The highest BCUT2D eigenvalue weighted by Crippen LogP contribution is 2.29. The number of hydrazone groups is 1. The highest BCUT2D eigenvalue weighted by Gasteiger charge is 2.13. The van der Waals surface area contributed by atoms with Gasteiger partial charge >= 0.3 is 11.8 Å². The zero-order valence-electron chi connectivity index (χ0n) is 13.6. The van der Waals surface area contributed by atoms with Gasteiger partial charge in [0.25, 0.3) is 0 Å². The summed E-state index contributed by atoms with van der Waals surface area (Å²) in [5, 5.41) is 6.25. The summed E-state index contributed by atoms with van der Waals surface area (Å²) < 4.78 is 11.2. The number of benzene rings is 2. The van der Waals surface area contributed by atoms with Crippen LogP contribution in [0.5, 0.6) is 11.5 Å². The lowest BCUT2D eigenvalue weighted by atomic mass is 10.2. The molecule has 0 saturated heterocycles.